The second-order valence-electron chi connectivity index (χ2n) is 7.81. The van der Waals surface area contributed by atoms with E-state index < -0.39 is 0 Å². The van der Waals surface area contributed by atoms with Crippen LogP contribution in [0.5, 0.6) is 0 Å². The summed E-state index contributed by atoms with van der Waals surface area (Å²) in [6.45, 7) is 2.38. The van der Waals surface area contributed by atoms with Gasteiger partial charge in [-0.3, -0.25) is 9.36 Å². The number of hydrogen-bond donors (Lipinski definition) is 0. The van der Waals surface area contributed by atoms with Crippen LogP contribution in [-0.2, 0) is 20.0 Å². The van der Waals surface area contributed by atoms with Gasteiger partial charge in [-0.1, -0.05) is 23.4 Å². The Hall–Kier alpha value is -3.29. The molecule has 0 N–H and O–H groups in total. The van der Waals surface area contributed by atoms with Gasteiger partial charge >= 0.3 is 0 Å². The molecule has 2 aliphatic rings. The van der Waals surface area contributed by atoms with Gasteiger partial charge in [0.05, 0.1) is 6.33 Å². The number of fused-ring (bicyclic) bond motifs is 4. The summed E-state index contributed by atoms with van der Waals surface area (Å²) in [5.74, 6) is 2.56. The molecule has 28 heavy (non-hydrogen) atoms. The number of benzene rings is 1. The number of aromatic nitrogens is 6. The fourth-order valence-electron chi connectivity index (χ4n) is 4.75. The molecule has 0 radical (unpaired) electrons. The maximum Gasteiger partial charge on any atom is 0.280 e. The fraction of sp³-hybridized carbons (Fsp3) is 0.350. The van der Waals surface area contributed by atoms with Crippen LogP contribution in [0.3, 0.4) is 0 Å². The van der Waals surface area contributed by atoms with Gasteiger partial charge in [0.1, 0.15) is 12.9 Å². The van der Waals surface area contributed by atoms with E-state index in [0.717, 1.165) is 12.2 Å². The highest BCUT2D eigenvalue weighted by molar-refractivity contribution is 5.68. The summed E-state index contributed by atoms with van der Waals surface area (Å²) in [5, 5.41) is 4.21. The van der Waals surface area contributed by atoms with E-state index in [0.29, 0.717) is 34.8 Å². The molecule has 3 atom stereocenters. The van der Waals surface area contributed by atoms with E-state index >= 15 is 0 Å². The van der Waals surface area contributed by atoms with Crippen LogP contribution in [0.2, 0.25) is 0 Å². The maximum absolute atomic E-state index is 12.7. The zero-order chi connectivity index (χ0) is 19.0. The highest BCUT2D eigenvalue weighted by atomic mass is 16.5. The van der Waals surface area contributed by atoms with Crippen LogP contribution in [0.4, 0.5) is 0 Å². The number of aryl methyl sites for hydroxylation is 2. The van der Waals surface area contributed by atoms with Crippen molar-refractivity contribution in [1.29, 1.82) is 0 Å². The molecule has 3 aromatic heterocycles. The summed E-state index contributed by atoms with van der Waals surface area (Å²) in [6.07, 6.45) is 4.15. The number of nitrogens with zero attached hydrogens (tertiary/aromatic N) is 6. The molecule has 4 aromatic rings. The van der Waals surface area contributed by atoms with Gasteiger partial charge in [-0.2, -0.15) is 4.98 Å². The Morgan fingerprint density at radius 3 is 2.96 bits per heavy atom. The van der Waals surface area contributed by atoms with Crippen LogP contribution in [-0.4, -0.2) is 29.2 Å². The summed E-state index contributed by atoms with van der Waals surface area (Å²) >= 11 is 0. The predicted octanol–water partition coefficient (Wildman–Crippen LogP) is 1.92. The molecular formula is C20H18N6O2. The maximum atomic E-state index is 12.7. The molecule has 0 bridgehead atoms. The molecule has 3 heterocycles. The first kappa shape index (κ1) is 15.7. The van der Waals surface area contributed by atoms with E-state index in [1.54, 1.807) is 17.9 Å². The highest BCUT2D eigenvalue weighted by Gasteiger charge is 2.58. The molecule has 3 unspecified atom stereocenters. The lowest BCUT2D eigenvalue weighted by molar-refractivity contribution is 0.364. The van der Waals surface area contributed by atoms with Crippen LogP contribution in [0.25, 0.3) is 11.2 Å². The van der Waals surface area contributed by atoms with Gasteiger partial charge in [0.2, 0.25) is 5.89 Å². The summed E-state index contributed by atoms with van der Waals surface area (Å²) in [4.78, 5) is 25.6. The average molecular weight is 374 g/mol. The van der Waals surface area contributed by atoms with Crippen molar-refractivity contribution in [2.45, 2.75) is 31.7 Å². The smallest absolute Gasteiger partial charge is 0.280 e. The lowest BCUT2D eigenvalue weighted by atomic mass is 9.98. The summed E-state index contributed by atoms with van der Waals surface area (Å²) in [6, 6.07) is 6.53. The van der Waals surface area contributed by atoms with Gasteiger partial charge in [-0.15, -0.1) is 0 Å². The number of hydrogen-bond acceptors (Lipinski definition) is 6. The Morgan fingerprint density at radius 1 is 1.21 bits per heavy atom. The lowest BCUT2D eigenvalue weighted by Crippen LogP contribution is -2.22. The standard InChI is InChI=1S/C20H18N6O2/c1-10-4-3-5-11-12(10)6-13-15(11)16(13)18-23-14(28-24-18)7-26-9-22-19-17(20(26)27)25(2)8-21-19/h3-5,8-9,13,15-16H,6-7H2,1-2H3. The Morgan fingerprint density at radius 2 is 2.07 bits per heavy atom. The van der Waals surface area contributed by atoms with E-state index in [1.165, 1.54) is 27.6 Å². The zero-order valence-corrected chi connectivity index (χ0v) is 15.5. The molecule has 1 saturated carbocycles. The van der Waals surface area contributed by atoms with E-state index in [2.05, 4.69) is 45.2 Å². The molecule has 8 heteroatoms. The van der Waals surface area contributed by atoms with Crippen molar-refractivity contribution in [3.63, 3.8) is 0 Å². The van der Waals surface area contributed by atoms with Crippen LogP contribution >= 0.6 is 0 Å². The molecule has 0 saturated heterocycles. The van der Waals surface area contributed by atoms with Crippen molar-refractivity contribution in [2.75, 3.05) is 0 Å². The third kappa shape index (κ3) is 2.08. The first-order valence-electron chi connectivity index (χ1n) is 9.39. The topological polar surface area (TPSA) is 91.6 Å². The second-order valence-corrected chi connectivity index (χ2v) is 7.81. The van der Waals surface area contributed by atoms with Gasteiger partial charge in [0, 0.05) is 13.0 Å². The van der Waals surface area contributed by atoms with E-state index in [-0.39, 0.29) is 12.1 Å². The predicted molar refractivity (Wildman–Crippen MR) is 100 cm³/mol. The van der Waals surface area contributed by atoms with Gasteiger partial charge in [-0.05, 0) is 41.9 Å². The minimum Gasteiger partial charge on any atom is -0.337 e. The summed E-state index contributed by atoms with van der Waals surface area (Å²) < 4.78 is 8.61. The Labute approximate surface area is 159 Å². The molecule has 0 spiro atoms. The van der Waals surface area contributed by atoms with Gasteiger partial charge in [0.15, 0.2) is 17.0 Å². The monoisotopic (exact) mass is 374 g/mol. The average Bonchev–Trinajstić information content (AvgIpc) is 3.04. The zero-order valence-electron chi connectivity index (χ0n) is 15.5. The van der Waals surface area contributed by atoms with Crippen molar-refractivity contribution in [3.05, 3.63) is 69.6 Å². The SMILES string of the molecule is Cc1cccc2c1CC1C(c3noc(Cn4cnc5ncn(C)c5c4=O)n3)C21. The number of rotatable bonds is 3. The third-order valence-corrected chi connectivity index (χ3v) is 6.20. The van der Waals surface area contributed by atoms with Gasteiger partial charge < -0.3 is 9.09 Å². The molecule has 2 aliphatic carbocycles. The molecule has 8 nitrogen and oxygen atoms in total. The van der Waals surface area contributed by atoms with Gasteiger partial charge in [0.25, 0.3) is 5.56 Å². The van der Waals surface area contributed by atoms with Crippen molar-refractivity contribution >= 4 is 11.2 Å². The molecule has 0 aliphatic heterocycles. The normalized spacial score (nSPS) is 22.4. The Balaban J connectivity index is 1.28. The summed E-state index contributed by atoms with van der Waals surface area (Å²) in [5.41, 5.74) is 5.02. The molecule has 1 fully saturated rings. The second kappa shape index (κ2) is 5.37. The van der Waals surface area contributed by atoms with E-state index in [9.17, 15) is 4.79 Å². The van der Waals surface area contributed by atoms with Crippen LogP contribution in [0.15, 0.2) is 40.2 Å². The highest BCUT2D eigenvalue weighted by Crippen LogP contribution is 2.66. The molecular weight excluding hydrogens is 356 g/mol. The molecule has 1 aromatic carbocycles. The number of imidazole rings is 1. The van der Waals surface area contributed by atoms with E-state index in [4.69, 9.17) is 4.52 Å². The van der Waals surface area contributed by atoms with Gasteiger partial charge in [-0.25, -0.2) is 9.97 Å². The van der Waals surface area contributed by atoms with Crippen molar-refractivity contribution in [1.82, 2.24) is 29.2 Å². The van der Waals surface area contributed by atoms with Crippen LogP contribution in [0, 0.1) is 12.8 Å². The van der Waals surface area contributed by atoms with Crippen LogP contribution < -0.4 is 5.56 Å². The molecule has 0 amide bonds. The van der Waals surface area contributed by atoms with Crippen LogP contribution in [0.1, 0.15) is 40.2 Å². The first-order valence-corrected chi connectivity index (χ1v) is 9.39. The van der Waals surface area contributed by atoms with Crippen molar-refractivity contribution in [3.8, 4) is 0 Å². The quantitative estimate of drug-likeness (QED) is 0.544. The molecule has 6 rings (SSSR count). The largest absolute Gasteiger partial charge is 0.337 e. The lowest BCUT2D eigenvalue weighted by Gasteiger charge is -2.08. The van der Waals surface area contributed by atoms with Crippen molar-refractivity contribution < 1.29 is 4.52 Å². The molecule has 140 valence electrons. The minimum atomic E-state index is -0.169. The van der Waals surface area contributed by atoms with Crippen molar-refractivity contribution in [2.24, 2.45) is 13.0 Å². The Bertz CT molecular complexity index is 1300. The summed E-state index contributed by atoms with van der Waals surface area (Å²) in [7, 11) is 1.78. The fourth-order valence-corrected chi connectivity index (χ4v) is 4.75. The minimum absolute atomic E-state index is 0.169. The first-order chi connectivity index (χ1) is 13.6. The van der Waals surface area contributed by atoms with E-state index in [1.807, 2.05) is 0 Å². The third-order valence-electron chi connectivity index (χ3n) is 6.20. The Kier molecular flexibility index (Phi) is 3.02.